The summed E-state index contributed by atoms with van der Waals surface area (Å²) in [5.74, 6) is -1.95. The van der Waals surface area contributed by atoms with E-state index in [-0.39, 0.29) is 28.8 Å². The molecule has 0 aliphatic carbocycles. The molecule has 4 atom stereocenters. The second kappa shape index (κ2) is 5.32. The molecule has 0 spiro atoms. The molecule has 128 valence electrons. The van der Waals surface area contributed by atoms with Crippen LogP contribution in [-0.4, -0.2) is 54.1 Å². The molecule has 0 saturated carbocycles. The number of aliphatic hydroxyl groups is 1. The summed E-state index contributed by atoms with van der Waals surface area (Å²) in [4.78, 5) is 30.3. The molecule has 0 unspecified atom stereocenters. The number of aromatic nitrogens is 3. The quantitative estimate of drug-likeness (QED) is 0.557. The second-order valence-electron chi connectivity index (χ2n) is 6.64. The van der Waals surface area contributed by atoms with E-state index >= 15 is 0 Å². The van der Waals surface area contributed by atoms with Crippen LogP contribution in [0, 0.1) is 11.8 Å². The number of hydrogen-bond donors (Lipinski definition) is 2. The highest BCUT2D eigenvalue weighted by atomic mass is 32.2. The molecule has 1 saturated heterocycles. The number of hydrogen-bond acceptors (Lipinski definition) is 5. The van der Waals surface area contributed by atoms with Gasteiger partial charge in [-0.25, -0.2) is 4.79 Å². The van der Waals surface area contributed by atoms with E-state index < -0.39 is 18.0 Å². The van der Waals surface area contributed by atoms with Crippen molar-refractivity contribution in [3.8, 4) is 0 Å². The lowest BCUT2D eigenvalue weighted by Gasteiger charge is -2.46. The van der Waals surface area contributed by atoms with Gasteiger partial charge in [-0.05, 0) is 11.9 Å². The molecule has 0 aromatic carbocycles. The van der Waals surface area contributed by atoms with E-state index in [4.69, 9.17) is 0 Å². The highest BCUT2D eigenvalue weighted by molar-refractivity contribution is 8.03. The number of amides is 1. The summed E-state index contributed by atoms with van der Waals surface area (Å²) in [6.07, 6.45) is 2.74. The largest absolute Gasteiger partial charge is 0.477 e. The van der Waals surface area contributed by atoms with Gasteiger partial charge in [-0.1, -0.05) is 6.92 Å². The minimum atomic E-state index is -1.07. The molecule has 0 bridgehead atoms. The molecular weight excluding hydrogens is 332 g/mol. The third-order valence-corrected chi connectivity index (χ3v) is 6.57. The molecule has 3 aliphatic heterocycles. The predicted molar refractivity (Wildman–Crippen MR) is 83.4 cm³/mol. The van der Waals surface area contributed by atoms with E-state index in [1.54, 1.807) is 19.6 Å². The third-order valence-electron chi connectivity index (χ3n) is 5.12. The van der Waals surface area contributed by atoms with Crippen LogP contribution in [0.3, 0.4) is 0 Å². The Morgan fingerprint density at radius 3 is 2.92 bits per heavy atom. The SMILES string of the molecule is C[C@@H](O)[C@H]1C(=O)N2C(C(=O)O)=C(SC3Cn4cnc[n+]4C3)[C@H](C)[C@@H]12. The fraction of sp³-hybridized carbons (Fsp3) is 0.600. The van der Waals surface area contributed by atoms with Crippen LogP contribution in [0.2, 0.25) is 0 Å². The van der Waals surface area contributed by atoms with E-state index in [1.807, 2.05) is 16.3 Å². The van der Waals surface area contributed by atoms with Crippen molar-refractivity contribution in [2.24, 2.45) is 11.8 Å². The maximum Gasteiger partial charge on any atom is 0.353 e. The summed E-state index contributed by atoms with van der Waals surface area (Å²) >= 11 is 1.54. The number of thioether (sulfide) groups is 1. The third kappa shape index (κ3) is 2.04. The minimum Gasteiger partial charge on any atom is -0.477 e. The van der Waals surface area contributed by atoms with Crippen LogP contribution < -0.4 is 4.68 Å². The smallest absolute Gasteiger partial charge is 0.353 e. The Hall–Kier alpha value is -1.87. The van der Waals surface area contributed by atoms with Crippen molar-refractivity contribution in [2.45, 2.75) is 44.3 Å². The number of carbonyl (C=O) groups is 2. The van der Waals surface area contributed by atoms with Gasteiger partial charge in [0.05, 0.1) is 29.9 Å². The number of carboxylic acids is 1. The number of rotatable bonds is 4. The number of aliphatic hydroxyl groups excluding tert-OH is 1. The summed E-state index contributed by atoms with van der Waals surface area (Å²) in [5.41, 5.74) is 0.0964. The zero-order valence-corrected chi connectivity index (χ0v) is 14.2. The topological polar surface area (TPSA) is 99.5 Å². The van der Waals surface area contributed by atoms with Crippen LogP contribution in [0.5, 0.6) is 0 Å². The average Bonchev–Trinajstić information content (AvgIpc) is 3.12. The maximum atomic E-state index is 12.3. The zero-order valence-electron chi connectivity index (χ0n) is 13.4. The average molecular weight is 351 g/mol. The van der Waals surface area contributed by atoms with Gasteiger partial charge in [-0.15, -0.1) is 11.8 Å². The van der Waals surface area contributed by atoms with E-state index in [2.05, 4.69) is 4.98 Å². The number of fused-ring (bicyclic) bond motifs is 2. The van der Waals surface area contributed by atoms with Crippen molar-refractivity contribution in [2.75, 3.05) is 0 Å². The lowest BCUT2D eigenvalue weighted by atomic mass is 9.79. The van der Waals surface area contributed by atoms with Crippen molar-refractivity contribution >= 4 is 23.6 Å². The first kappa shape index (κ1) is 15.6. The molecule has 24 heavy (non-hydrogen) atoms. The Balaban J connectivity index is 1.61. The molecular formula is C15H19N4O4S+. The summed E-state index contributed by atoms with van der Waals surface area (Å²) < 4.78 is 3.99. The van der Waals surface area contributed by atoms with Gasteiger partial charge in [0.25, 0.3) is 0 Å². The van der Waals surface area contributed by atoms with Gasteiger partial charge in [-0.3, -0.25) is 4.79 Å². The highest BCUT2D eigenvalue weighted by Crippen LogP contribution is 2.51. The Kier molecular flexibility index (Phi) is 3.47. The molecule has 4 heterocycles. The summed E-state index contributed by atoms with van der Waals surface area (Å²) in [6.45, 7) is 5.05. The normalized spacial score (nSPS) is 32.6. The number of carbonyl (C=O) groups excluding carboxylic acids is 1. The highest BCUT2D eigenvalue weighted by Gasteiger charge is 2.60. The molecule has 4 rings (SSSR count). The second-order valence-corrected chi connectivity index (χ2v) is 7.98. The van der Waals surface area contributed by atoms with Gasteiger partial charge < -0.3 is 15.1 Å². The van der Waals surface area contributed by atoms with Gasteiger partial charge >= 0.3 is 12.3 Å². The van der Waals surface area contributed by atoms with Crippen molar-refractivity contribution in [3.05, 3.63) is 23.3 Å². The van der Waals surface area contributed by atoms with Crippen LogP contribution in [0.1, 0.15) is 13.8 Å². The Bertz CT molecular complexity index is 738. The van der Waals surface area contributed by atoms with E-state index in [1.165, 1.54) is 16.7 Å². The standard InChI is InChI=1S/C15H18N4O4S/c1-7-11-10(8(2)20)14(21)19(11)12(15(22)23)13(7)24-9-3-17-5-16-6-18(17)4-9/h5-11,20H,3-4H2,1-2H3/p+1/t7-,8-,10-,11+/m1/s1. The van der Waals surface area contributed by atoms with Gasteiger partial charge in [0.15, 0.2) is 0 Å². The lowest BCUT2D eigenvalue weighted by molar-refractivity contribution is -0.758. The summed E-state index contributed by atoms with van der Waals surface area (Å²) in [7, 11) is 0. The molecule has 1 aromatic heterocycles. The Labute approximate surface area is 142 Å². The molecule has 3 aliphatic rings. The minimum absolute atomic E-state index is 0.0820. The van der Waals surface area contributed by atoms with Crippen molar-refractivity contribution in [3.63, 3.8) is 0 Å². The van der Waals surface area contributed by atoms with Crippen molar-refractivity contribution in [1.29, 1.82) is 0 Å². The molecule has 2 N–H and O–H groups in total. The first-order valence-corrected chi connectivity index (χ1v) is 8.83. The predicted octanol–water partition coefficient (Wildman–Crippen LogP) is -0.560. The van der Waals surface area contributed by atoms with Crippen LogP contribution in [0.4, 0.5) is 0 Å². The monoisotopic (exact) mass is 351 g/mol. The summed E-state index contributed by atoms with van der Waals surface area (Å²) in [5, 5.41) is 19.7. The number of nitrogens with zero attached hydrogens (tertiary/aromatic N) is 4. The fourth-order valence-electron chi connectivity index (χ4n) is 4.03. The van der Waals surface area contributed by atoms with Gasteiger partial charge in [0.1, 0.15) is 12.2 Å². The lowest BCUT2D eigenvalue weighted by Crippen LogP contribution is -2.63. The number of aliphatic carboxylic acids is 1. The van der Waals surface area contributed by atoms with Crippen LogP contribution >= 0.6 is 11.8 Å². The first-order chi connectivity index (χ1) is 11.4. The Morgan fingerprint density at radius 2 is 2.29 bits per heavy atom. The molecule has 0 radical (unpaired) electrons. The van der Waals surface area contributed by atoms with Crippen molar-refractivity contribution < 1.29 is 24.5 Å². The van der Waals surface area contributed by atoms with Gasteiger partial charge in [-0.2, -0.15) is 9.36 Å². The van der Waals surface area contributed by atoms with Crippen LogP contribution in [-0.2, 0) is 22.7 Å². The number of β-lactam (4-membered cyclic amide) rings is 1. The van der Waals surface area contributed by atoms with Crippen LogP contribution in [0.25, 0.3) is 0 Å². The van der Waals surface area contributed by atoms with E-state index in [0.29, 0.717) is 0 Å². The molecule has 8 nitrogen and oxygen atoms in total. The van der Waals surface area contributed by atoms with Gasteiger partial charge in [0.2, 0.25) is 12.2 Å². The molecule has 9 heteroatoms. The van der Waals surface area contributed by atoms with Gasteiger partial charge in [0, 0.05) is 10.8 Å². The fourth-order valence-corrected chi connectivity index (χ4v) is 5.49. The van der Waals surface area contributed by atoms with Crippen LogP contribution in [0.15, 0.2) is 23.3 Å². The molecule has 1 amide bonds. The first-order valence-electron chi connectivity index (χ1n) is 7.95. The Morgan fingerprint density at radius 1 is 1.54 bits per heavy atom. The van der Waals surface area contributed by atoms with Crippen molar-refractivity contribution in [1.82, 2.24) is 14.6 Å². The summed E-state index contributed by atoms with van der Waals surface area (Å²) in [6, 6.07) is -0.249. The van der Waals surface area contributed by atoms with E-state index in [0.717, 1.165) is 18.0 Å². The maximum absolute atomic E-state index is 12.3. The number of carboxylic acid groups (broad SMARTS) is 1. The van der Waals surface area contributed by atoms with E-state index in [9.17, 15) is 19.8 Å². The molecule has 1 fully saturated rings. The zero-order chi connectivity index (χ0) is 17.2. The molecule has 1 aromatic rings.